The number of anilines is 3. The number of benzene rings is 3. The zero-order valence-corrected chi connectivity index (χ0v) is 19.5. The number of para-hydroxylation sites is 1. The molecule has 0 fully saturated rings. The lowest BCUT2D eigenvalue weighted by Gasteiger charge is -2.32. The van der Waals surface area contributed by atoms with Crippen molar-refractivity contribution in [3.05, 3.63) is 89.0 Å². The van der Waals surface area contributed by atoms with Crippen LogP contribution >= 0.6 is 0 Å². The number of nitrogens with zero attached hydrogens (tertiary/aromatic N) is 2. The third-order valence-electron chi connectivity index (χ3n) is 6.12. The topological polar surface area (TPSA) is 85.2 Å². The van der Waals surface area contributed by atoms with E-state index in [1.54, 1.807) is 19.1 Å². The van der Waals surface area contributed by atoms with Gasteiger partial charge in [-0.1, -0.05) is 37.3 Å². The Morgan fingerprint density at radius 3 is 2.50 bits per heavy atom. The summed E-state index contributed by atoms with van der Waals surface area (Å²) in [4.78, 5) is 27.4. The predicted molar refractivity (Wildman–Crippen MR) is 134 cm³/mol. The molecule has 2 N–H and O–H groups in total. The highest BCUT2D eigenvalue weighted by molar-refractivity contribution is 5.94. The second-order valence-electron chi connectivity index (χ2n) is 8.57. The van der Waals surface area contributed by atoms with Crippen molar-refractivity contribution in [3.8, 4) is 6.07 Å². The Bertz CT molecular complexity index is 1240. The molecule has 3 aromatic carbocycles. The van der Waals surface area contributed by atoms with Crippen LogP contribution in [0.1, 0.15) is 42.5 Å². The highest BCUT2D eigenvalue weighted by atomic mass is 16.2. The van der Waals surface area contributed by atoms with Crippen molar-refractivity contribution >= 4 is 28.9 Å². The van der Waals surface area contributed by atoms with Gasteiger partial charge in [-0.3, -0.25) is 9.59 Å². The van der Waals surface area contributed by atoms with Crippen LogP contribution in [0.2, 0.25) is 0 Å². The van der Waals surface area contributed by atoms with Crippen LogP contribution < -0.4 is 15.5 Å². The van der Waals surface area contributed by atoms with Gasteiger partial charge in [-0.15, -0.1) is 0 Å². The van der Waals surface area contributed by atoms with E-state index in [-0.39, 0.29) is 18.2 Å². The second kappa shape index (κ2) is 10.2. The van der Waals surface area contributed by atoms with Crippen molar-refractivity contribution in [1.29, 1.82) is 5.26 Å². The number of rotatable bonds is 7. The number of nitriles is 1. The van der Waals surface area contributed by atoms with Crippen LogP contribution in [-0.4, -0.2) is 18.4 Å². The van der Waals surface area contributed by atoms with E-state index in [9.17, 15) is 9.59 Å². The first-order valence-electron chi connectivity index (χ1n) is 11.5. The third kappa shape index (κ3) is 5.10. The molecule has 172 valence electrons. The summed E-state index contributed by atoms with van der Waals surface area (Å²) < 4.78 is 0. The Labute approximate surface area is 200 Å². The minimum Gasteiger partial charge on any atom is -0.352 e. The molecule has 0 saturated heterocycles. The van der Waals surface area contributed by atoms with Gasteiger partial charge in [-0.2, -0.15) is 5.26 Å². The lowest BCUT2D eigenvalue weighted by atomic mass is 9.95. The van der Waals surface area contributed by atoms with E-state index in [1.165, 1.54) is 16.8 Å². The molecule has 6 heteroatoms. The molecular formula is C28H28N4O2. The van der Waals surface area contributed by atoms with Crippen LogP contribution in [0, 0.1) is 17.2 Å². The van der Waals surface area contributed by atoms with Gasteiger partial charge in [0.15, 0.2) is 0 Å². The zero-order chi connectivity index (χ0) is 24.1. The van der Waals surface area contributed by atoms with Gasteiger partial charge < -0.3 is 15.5 Å². The first kappa shape index (κ1) is 23.1. The van der Waals surface area contributed by atoms with Gasteiger partial charge in [0, 0.05) is 48.9 Å². The average molecular weight is 453 g/mol. The maximum absolute atomic E-state index is 12.6. The van der Waals surface area contributed by atoms with Gasteiger partial charge in [-0.05, 0) is 60.0 Å². The van der Waals surface area contributed by atoms with Gasteiger partial charge in [0.25, 0.3) is 0 Å². The van der Waals surface area contributed by atoms with Gasteiger partial charge in [-0.25, -0.2) is 0 Å². The fourth-order valence-corrected chi connectivity index (χ4v) is 4.31. The first-order chi connectivity index (χ1) is 16.5. The Morgan fingerprint density at radius 2 is 1.76 bits per heavy atom. The van der Waals surface area contributed by atoms with Crippen molar-refractivity contribution in [1.82, 2.24) is 5.32 Å². The molecule has 0 spiro atoms. The van der Waals surface area contributed by atoms with E-state index in [1.807, 2.05) is 24.3 Å². The minimum absolute atomic E-state index is 0.0974. The number of hydrogen-bond donors (Lipinski definition) is 2. The molecule has 1 heterocycles. The predicted octanol–water partition coefficient (Wildman–Crippen LogP) is 4.90. The molecular weight excluding hydrogens is 424 g/mol. The van der Waals surface area contributed by atoms with E-state index in [4.69, 9.17) is 5.26 Å². The van der Waals surface area contributed by atoms with E-state index in [0.717, 1.165) is 29.9 Å². The average Bonchev–Trinajstić information content (AvgIpc) is 2.85. The van der Waals surface area contributed by atoms with Crippen LogP contribution in [0.3, 0.4) is 0 Å². The molecule has 1 aliphatic heterocycles. The third-order valence-corrected chi connectivity index (χ3v) is 6.12. The number of carbonyl (C=O) groups is 2. The SMILES string of the molecule is CCN1c2ccccc2Cc2cc(NC(=O)CC(C)C(=O)NCc3ccc(C#N)cc3)ccc21. The van der Waals surface area contributed by atoms with Crippen molar-refractivity contribution in [2.75, 3.05) is 16.8 Å². The van der Waals surface area contributed by atoms with Crippen LogP contribution in [0.4, 0.5) is 17.1 Å². The molecule has 6 nitrogen and oxygen atoms in total. The maximum atomic E-state index is 12.6. The van der Waals surface area contributed by atoms with E-state index < -0.39 is 5.92 Å². The van der Waals surface area contributed by atoms with Crippen molar-refractivity contribution in [2.45, 2.75) is 33.2 Å². The van der Waals surface area contributed by atoms with E-state index >= 15 is 0 Å². The van der Waals surface area contributed by atoms with Crippen LogP contribution in [0.15, 0.2) is 66.7 Å². The minimum atomic E-state index is -0.460. The Balaban J connectivity index is 1.34. The van der Waals surface area contributed by atoms with E-state index in [0.29, 0.717) is 12.1 Å². The van der Waals surface area contributed by atoms with Crippen LogP contribution in [-0.2, 0) is 22.6 Å². The summed E-state index contributed by atoms with van der Waals surface area (Å²) in [6.45, 7) is 5.10. The molecule has 1 unspecified atom stereocenters. The number of carbonyl (C=O) groups excluding carboxylic acids is 2. The molecule has 2 amide bonds. The number of amides is 2. The zero-order valence-electron chi connectivity index (χ0n) is 19.5. The Hall–Kier alpha value is -4.11. The van der Waals surface area contributed by atoms with E-state index in [2.05, 4.69) is 58.9 Å². The van der Waals surface area contributed by atoms with Gasteiger partial charge in [0.05, 0.1) is 11.6 Å². The fraction of sp³-hybridized carbons (Fsp3) is 0.250. The second-order valence-corrected chi connectivity index (χ2v) is 8.57. The highest BCUT2D eigenvalue weighted by Crippen LogP contribution is 2.39. The van der Waals surface area contributed by atoms with Crippen molar-refractivity contribution < 1.29 is 9.59 Å². The van der Waals surface area contributed by atoms with Gasteiger partial charge >= 0.3 is 0 Å². The first-order valence-corrected chi connectivity index (χ1v) is 11.5. The van der Waals surface area contributed by atoms with Crippen LogP contribution in [0.5, 0.6) is 0 Å². The molecule has 0 bridgehead atoms. The molecule has 4 rings (SSSR count). The van der Waals surface area contributed by atoms with Crippen molar-refractivity contribution in [3.63, 3.8) is 0 Å². The standard InChI is InChI=1S/C28H28N4O2/c1-3-32-25-7-5-4-6-22(25)15-23-16-24(12-13-26(23)32)31-27(33)14-19(2)28(34)30-18-21-10-8-20(17-29)9-11-21/h4-13,16,19H,3,14-15,18H2,1-2H3,(H,30,34)(H,31,33). The van der Waals surface area contributed by atoms with Gasteiger partial charge in [0.2, 0.25) is 11.8 Å². The molecule has 1 atom stereocenters. The number of nitrogens with one attached hydrogen (secondary N) is 2. The lowest BCUT2D eigenvalue weighted by Crippen LogP contribution is -2.31. The molecule has 0 aromatic heterocycles. The molecule has 1 aliphatic rings. The van der Waals surface area contributed by atoms with Crippen LogP contribution in [0.25, 0.3) is 0 Å². The summed E-state index contributed by atoms with van der Waals surface area (Å²) in [5.41, 5.74) is 7.06. The number of fused-ring (bicyclic) bond motifs is 2. The normalized spacial score (nSPS) is 12.7. The molecule has 34 heavy (non-hydrogen) atoms. The fourth-order valence-electron chi connectivity index (χ4n) is 4.31. The lowest BCUT2D eigenvalue weighted by molar-refractivity contribution is -0.128. The molecule has 0 saturated carbocycles. The summed E-state index contributed by atoms with van der Waals surface area (Å²) in [7, 11) is 0. The highest BCUT2D eigenvalue weighted by Gasteiger charge is 2.22. The summed E-state index contributed by atoms with van der Waals surface area (Å²) >= 11 is 0. The quantitative estimate of drug-likeness (QED) is 0.534. The van der Waals surface area contributed by atoms with Crippen molar-refractivity contribution in [2.24, 2.45) is 5.92 Å². The summed E-state index contributed by atoms with van der Waals surface area (Å²) in [6, 6.07) is 23.5. The Kier molecular flexibility index (Phi) is 6.93. The summed E-state index contributed by atoms with van der Waals surface area (Å²) in [5.74, 6) is -0.830. The molecule has 0 aliphatic carbocycles. The van der Waals surface area contributed by atoms with Gasteiger partial charge in [0.1, 0.15) is 0 Å². The summed E-state index contributed by atoms with van der Waals surface area (Å²) in [6.07, 6.45) is 0.917. The largest absolute Gasteiger partial charge is 0.352 e. The Morgan fingerprint density at radius 1 is 1.03 bits per heavy atom. The molecule has 0 radical (unpaired) electrons. The monoisotopic (exact) mass is 452 g/mol. The summed E-state index contributed by atoms with van der Waals surface area (Å²) in [5, 5.41) is 14.7. The number of hydrogen-bond acceptors (Lipinski definition) is 4. The maximum Gasteiger partial charge on any atom is 0.225 e. The smallest absolute Gasteiger partial charge is 0.225 e. The molecule has 3 aromatic rings.